The van der Waals surface area contributed by atoms with Gasteiger partial charge in [0.1, 0.15) is 5.82 Å². The molecule has 2 aliphatic rings. The molecule has 4 rings (SSSR count). The Kier molecular flexibility index (Phi) is 4.78. The van der Waals surface area contributed by atoms with Gasteiger partial charge >= 0.3 is 0 Å². The maximum absolute atomic E-state index is 12.7. The summed E-state index contributed by atoms with van der Waals surface area (Å²) in [6.45, 7) is 4.19. The van der Waals surface area contributed by atoms with E-state index in [4.69, 9.17) is 4.98 Å². The molecule has 2 saturated heterocycles. The number of aromatic nitrogens is 2. The second kappa shape index (κ2) is 7.20. The molecule has 3 heterocycles. The van der Waals surface area contributed by atoms with Gasteiger partial charge in [-0.3, -0.25) is 0 Å². The van der Waals surface area contributed by atoms with Crippen LogP contribution in [0.3, 0.4) is 0 Å². The predicted octanol–water partition coefficient (Wildman–Crippen LogP) is 1.59. The summed E-state index contributed by atoms with van der Waals surface area (Å²) in [5.41, 5.74) is 0. The highest BCUT2D eigenvalue weighted by molar-refractivity contribution is 7.89. The number of benzene rings is 1. The average molecular weight is 373 g/mol. The molecule has 1 aromatic heterocycles. The Balaban J connectivity index is 1.45. The Hall–Kier alpha value is -2.19. The molecule has 2 aromatic rings. The van der Waals surface area contributed by atoms with Crippen LogP contribution in [-0.2, 0) is 10.0 Å². The Bertz CT molecular complexity index is 845. The van der Waals surface area contributed by atoms with Crippen LogP contribution >= 0.6 is 0 Å². The lowest BCUT2D eigenvalue weighted by molar-refractivity contribution is 0.384. The van der Waals surface area contributed by atoms with E-state index in [1.807, 2.05) is 12.1 Å². The van der Waals surface area contributed by atoms with Crippen LogP contribution in [0.25, 0.3) is 0 Å². The van der Waals surface area contributed by atoms with Gasteiger partial charge in [-0.05, 0) is 31.0 Å². The summed E-state index contributed by atoms with van der Waals surface area (Å²) in [4.78, 5) is 13.8. The molecular formula is C18H23N5O2S. The van der Waals surface area contributed by atoms with Crippen LogP contribution in [0.2, 0.25) is 0 Å². The van der Waals surface area contributed by atoms with E-state index in [-0.39, 0.29) is 0 Å². The second-order valence-corrected chi connectivity index (χ2v) is 8.55. The average Bonchev–Trinajstić information content (AvgIpc) is 3.24. The molecular weight excluding hydrogens is 350 g/mol. The molecule has 138 valence electrons. The predicted molar refractivity (Wildman–Crippen MR) is 101 cm³/mol. The first-order valence-corrected chi connectivity index (χ1v) is 10.5. The zero-order chi connectivity index (χ0) is 18.0. The first-order chi connectivity index (χ1) is 12.6. The number of rotatable bonds is 4. The van der Waals surface area contributed by atoms with Crippen molar-refractivity contribution in [2.45, 2.75) is 17.7 Å². The standard InChI is InChI=1S/C18H23N5O2S/c24-26(25,16-6-2-1-3-7-16)23-14-12-21(13-15-23)17-8-9-19-18(20-17)22-10-4-5-11-22/h1-3,6-9H,4-5,10-15H2. The van der Waals surface area contributed by atoms with Crippen LogP contribution in [0.15, 0.2) is 47.5 Å². The van der Waals surface area contributed by atoms with Gasteiger partial charge in [-0.15, -0.1) is 0 Å². The minimum Gasteiger partial charge on any atom is -0.354 e. The molecule has 0 N–H and O–H groups in total. The van der Waals surface area contributed by atoms with Crippen LogP contribution in [0.5, 0.6) is 0 Å². The van der Waals surface area contributed by atoms with Crippen molar-refractivity contribution >= 4 is 21.8 Å². The lowest BCUT2D eigenvalue weighted by atomic mass is 10.3. The third-order valence-electron chi connectivity index (χ3n) is 4.96. The normalized spacial score (nSPS) is 19.1. The number of hydrogen-bond acceptors (Lipinski definition) is 6. The van der Waals surface area contributed by atoms with E-state index in [2.05, 4.69) is 14.8 Å². The fourth-order valence-corrected chi connectivity index (χ4v) is 4.93. The van der Waals surface area contributed by atoms with Gasteiger partial charge in [0, 0.05) is 45.5 Å². The van der Waals surface area contributed by atoms with Crippen molar-refractivity contribution in [3.63, 3.8) is 0 Å². The van der Waals surface area contributed by atoms with Crippen LogP contribution in [-0.4, -0.2) is 62.0 Å². The molecule has 7 nitrogen and oxygen atoms in total. The van der Waals surface area contributed by atoms with E-state index in [0.29, 0.717) is 31.1 Å². The maximum atomic E-state index is 12.7. The van der Waals surface area contributed by atoms with Gasteiger partial charge in [0.25, 0.3) is 0 Å². The third kappa shape index (κ3) is 3.39. The van der Waals surface area contributed by atoms with Crippen LogP contribution in [0, 0.1) is 0 Å². The minimum absolute atomic E-state index is 0.354. The number of nitrogens with zero attached hydrogens (tertiary/aromatic N) is 5. The van der Waals surface area contributed by atoms with Crippen molar-refractivity contribution in [3.8, 4) is 0 Å². The SMILES string of the molecule is O=S(=O)(c1ccccc1)N1CCN(c2ccnc(N3CCCC3)n2)CC1. The van der Waals surface area contributed by atoms with Gasteiger partial charge in [0.15, 0.2) is 0 Å². The summed E-state index contributed by atoms with van der Waals surface area (Å²) in [5, 5.41) is 0. The van der Waals surface area contributed by atoms with E-state index < -0.39 is 10.0 Å². The highest BCUT2D eigenvalue weighted by Gasteiger charge is 2.29. The Morgan fingerprint density at radius 2 is 1.50 bits per heavy atom. The summed E-state index contributed by atoms with van der Waals surface area (Å²) in [7, 11) is -3.42. The largest absolute Gasteiger partial charge is 0.354 e. The minimum atomic E-state index is -3.42. The van der Waals surface area contributed by atoms with Gasteiger partial charge in [0.05, 0.1) is 4.90 Å². The molecule has 2 fully saturated rings. The first-order valence-electron chi connectivity index (χ1n) is 9.03. The number of piperazine rings is 1. The van der Waals surface area contributed by atoms with Gasteiger partial charge in [0.2, 0.25) is 16.0 Å². The van der Waals surface area contributed by atoms with E-state index in [9.17, 15) is 8.42 Å². The Labute approximate surface area is 154 Å². The van der Waals surface area contributed by atoms with E-state index in [1.165, 1.54) is 12.8 Å². The Morgan fingerprint density at radius 3 is 2.19 bits per heavy atom. The zero-order valence-corrected chi connectivity index (χ0v) is 15.5. The van der Waals surface area contributed by atoms with Gasteiger partial charge < -0.3 is 9.80 Å². The van der Waals surface area contributed by atoms with Crippen molar-refractivity contribution < 1.29 is 8.42 Å². The highest BCUT2D eigenvalue weighted by atomic mass is 32.2. The number of sulfonamides is 1. The quantitative estimate of drug-likeness (QED) is 0.811. The van der Waals surface area contributed by atoms with Gasteiger partial charge in [-0.25, -0.2) is 13.4 Å². The lowest BCUT2D eigenvalue weighted by Gasteiger charge is -2.34. The third-order valence-corrected chi connectivity index (χ3v) is 6.87. The molecule has 26 heavy (non-hydrogen) atoms. The fraction of sp³-hybridized carbons (Fsp3) is 0.444. The monoisotopic (exact) mass is 373 g/mol. The molecule has 0 radical (unpaired) electrons. The molecule has 2 aliphatic heterocycles. The van der Waals surface area contributed by atoms with Crippen molar-refractivity contribution in [1.29, 1.82) is 0 Å². The first kappa shape index (κ1) is 17.2. The second-order valence-electron chi connectivity index (χ2n) is 6.61. The summed E-state index contributed by atoms with van der Waals surface area (Å²) in [6.07, 6.45) is 4.16. The molecule has 0 bridgehead atoms. The van der Waals surface area contributed by atoms with E-state index in [1.54, 1.807) is 34.8 Å². The molecule has 0 spiro atoms. The summed E-state index contributed by atoms with van der Waals surface area (Å²) in [5.74, 6) is 1.65. The van der Waals surface area contributed by atoms with Gasteiger partial charge in [-0.1, -0.05) is 18.2 Å². The molecule has 0 saturated carbocycles. The Morgan fingerprint density at radius 1 is 0.808 bits per heavy atom. The summed E-state index contributed by atoms with van der Waals surface area (Å²) in [6, 6.07) is 10.5. The van der Waals surface area contributed by atoms with Gasteiger partial charge in [-0.2, -0.15) is 9.29 Å². The number of hydrogen-bond donors (Lipinski definition) is 0. The van der Waals surface area contributed by atoms with Crippen molar-refractivity contribution in [2.75, 3.05) is 49.1 Å². The van der Waals surface area contributed by atoms with E-state index in [0.717, 1.165) is 24.9 Å². The van der Waals surface area contributed by atoms with Crippen LogP contribution in [0.1, 0.15) is 12.8 Å². The molecule has 0 aliphatic carbocycles. The number of anilines is 2. The highest BCUT2D eigenvalue weighted by Crippen LogP contribution is 2.22. The molecule has 1 aromatic carbocycles. The van der Waals surface area contributed by atoms with Crippen molar-refractivity contribution in [3.05, 3.63) is 42.6 Å². The summed E-state index contributed by atoms with van der Waals surface area (Å²) >= 11 is 0. The molecule has 0 unspecified atom stereocenters. The van der Waals surface area contributed by atoms with Crippen molar-refractivity contribution in [1.82, 2.24) is 14.3 Å². The van der Waals surface area contributed by atoms with Crippen molar-refractivity contribution in [2.24, 2.45) is 0 Å². The fourth-order valence-electron chi connectivity index (χ4n) is 3.48. The molecule has 0 amide bonds. The maximum Gasteiger partial charge on any atom is 0.243 e. The summed E-state index contributed by atoms with van der Waals surface area (Å²) < 4.78 is 27.0. The zero-order valence-electron chi connectivity index (χ0n) is 14.7. The van der Waals surface area contributed by atoms with Crippen LogP contribution < -0.4 is 9.80 Å². The molecule has 0 atom stereocenters. The van der Waals surface area contributed by atoms with E-state index >= 15 is 0 Å². The molecule has 8 heteroatoms. The lowest BCUT2D eigenvalue weighted by Crippen LogP contribution is -2.49. The topological polar surface area (TPSA) is 69.6 Å². The van der Waals surface area contributed by atoms with Crippen LogP contribution in [0.4, 0.5) is 11.8 Å². The smallest absolute Gasteiger partial charge is 0.243 e.